The molecule has 4 rings (SSSR count). The minimum atomic E-state index is -0.508. The molecule has 1 N–H and O–H groups in total. The molecular weight excluding hydrogens is 420 g/mol. The highest BCUT2D eigenvalue weighted by Gasteiger charge is 2.25. The Balaban J connectivity index is 1.43. The number of benzene rings is 1. The van der Waals surface area contributed by atoms with Crippen molar-refractivity contribution in [2.45, 2.75) is 51.7 Å². The summed E-state index contributed by atoms with van der Waals surface area (Å²) in [5.74, 6) is 0.452. The number of nitrogens with one attached hydrogen (secondary N) is 1. The monoisotopic (exact) mass is 450 g/mol. The summed E-state index contributed by atoms with van der Waals surface area (Å²) in [7, 11) is 1.38. The van der Waals surface area contributed by atoms with Gasteiger partial charge >= 0.3 is 12.1 Å². The van der Waals surface area contributed by atoms with E-state index in [9.17, 15) is 9.59 Å². The molecule has 0 radical (unpaired) electrons. The first-order valence-corrected chi connectivity index (χ1v) is 11.2. The Kier molecular flexibility index (Phi) is 6.35. The third kappa shape index (κ3) is 5.32. The van der Waals surface area contributed by atoms with E-state index in [1.807, 2.05) is 32.9 Å². The van der Waals surface area contributed by atoms with Gasteiger partial charge in [-0.1, -0.05) is 12.1 Å². The van der Waals surface area contributed by atoms with Crippen LogP contribution >= 0.6 is 0 Å². The van der Waals surface area contributed by atoms with Gasteiger partial charge in [-0.25, -0.2) is 14.6 Å². The van der Waals surface area contributed by atoms with E-state index >= 15 is 0 Å². The fourth-order valence-corrected chi connectivity index (χ4v) is 4.18. The van der Waals surface area contributed by atoms with Gasteiger partial charge in [0.1, 0.15) is 11.4 Å². The Labute approximate surface area is 194 Å². The van der Waals surface area contributed by atoms with Gasteiger partial charge in [0.15, 0.2) is 0 Å². The van der Waals surface area contributed by atoms with Crippen LogP contribution in [0.5, 0.6) is 0 Å². The fraction of sp³-hybridized carbons (Fsp3) is 0.440. The van der Waals surface area contributed by atoms with E-state index in [1.165, 1.54) is 7.11 Å². The molecule has 0 unspecified atom stereocenters. The van der Waals surface area contributed by atoms with Gasteiger partial charge < -0.3 is 19.7 Å². The smallest absolute Gasteiger partial charge is 0.407 e. The van der Waals surface area contributed by atoms with Gasteiger partial charge in [0.25, 0.3) is 0 Å². The maximum absolute atomic E-state index is 12.1. The average molecular weight is 451 g/mol. The lowest BCUT2D eigenvalue weighted by molar-refractivity contribution is 0.0496. The molecule has 0 saturated carbocycles. The van der Waals surface area contributed by atoms with E-state index in [4.69, 9.17) is 14.5 Å². The summed E-state index contributed by atoms with van der Waals surface area (Å²) in [5, 5.41) is 2.96. The number of hydrogen-bond acceptors (Lipinski definition) is 7. The van der Waals surface area contributed by atoms with Crippen molar-refractivity contribution in [3.8, 4) is 0 Å². The molecule has 1 aliphatic heterocycles. The zero-order chi connectivity index (χ0) is 23.6. The second-order valence-corrected chi connectivity index (χ2v) is 9.36. The number of fused-ring (bicyclic) bond motifs is 1. The highest BCUT2D eigenvalue weighted by atomic mass is 16.6. The largest absolute Gasteiger partial charge is 0.465 e. The highest BCUT2D eigenvalue weighted by molar-refractivity contribution is 5.93. The van der Waals surface area contributed by atoms with Gasteiger partial charge in [-0.3, -0.25) is 4.98 Å². The number of methoxy groups -OCH3 is 1. The molecule has 174 valence electrons. The van der Waals surface area contributed by atoms with Crippen LogP contribution in [-0.4, -0.2) is 53.9 Å². The third-order valence-electron chi connectivity index (χ3n) is 5.78. The first kappa shape index (κ1) is 22.8. The summed E-state index contributed by atoms with van der Waals surface area (Å²) in [6.45, 7) is 7.10. The van der Waals surface area contributed by atoms with Gasteiger partial charge in [-0.2, -0.15) is 0 Å². The van der Waals surface area contributed by atoms with Crippen LogP contribution in [0, 0.1) is 0 Å². The maximum atomic E-state index is 12.1. The Morgan fingerprint density at radius 1 is 1.15 bits per heavy atom. The SMILES string of the molecule is COC(=O)c1ccc2c(c1)C(c1cncc(N3CCC(NC(=O)OC(C)(C)C)CC3)n1)=CC2. The van der Waals surface area contributed by atoms with Gasteiger partial charge in [-0.05, 0) is 63.3 Å². The van der Waals surface area contributed by atoms with Crippen molar-refractivity contribution in [3.05, 3.63) is 59.1 Å². The number of ether oxygens (including phenoxy) is 2. The third-order valence-corrected chi connectivity index (χ3v) is 5.78. The number of anilines is 1. The molecule has 1 aromatic carbocycles. The molecule has 1 saturated heterocycles. The molecule has 1 aliphatic carbocycles. The normalized spacial score (nSPS) is 16.1. The van der Waals surface area contributed by atoms with Crippen molar-refractivity contribution in [1.29, 1.82) is 0 Å². The van der Waals surface area contributed by atoms with E-state index in [0.717, 1.165) is 60.6 Å². The van der Waals surface area contributed by atoms with Crippen molar-refractivity contribution in [3.63, 3.8) is 0 Å². The Bertz CT molecular complexity index is 1080. The quantitative estimate of drug-likeness (QED) is 0.709. The number of carbonyl (C=O) groups excluding carboxylic acids is 2. The summed E-state index contributed by atoms with van der Waals surface area (Å²) in [6.07, 6.45) is 7.67. The number of esters is 1. The van der Waals surface area contributed by atoms with E-state index in [1.54, 1.807) is 18.5 Å². The summed E-state index contributed by atoms with van der Waals surface area (Å²) in [5.41, 5.74) is 3.91. The number of aromatic nitrogens is 2. The molecule has 1 aromatic heterocycles. The number of carbonyl (C=O) groups is 2. The molecular formula is C25H30N4O4. The number of allylic oxidation sites excluding steroid dienone is 1. The molecule has 0 spiro atoms. The lowest BCUT2D eigenvalue weighted by atomic mass is 10.0. The number of nitrogens with zero attached hydrogens (tertiary/aromatic N) is 3. The van der Waals surface area contributed by atoms with Gasteiger partial charge in [0, 0.05) is 24.7 Å². The predicted octanol–water partition coefficient (Wildman–Crippen LogP) is 3.74. The predicted molar refractivity (Wildman–Crippen MR) is 125 cm³/mol. The number of hydrogen-bond donors (Lipinski definition) is 1. The van der Waals surface area contributed by atoms with Crippen LogP contribution < -0.4 is 10.2 Å². The lowest BCUT2D eigenvalue weighted by Crippen LogP contribution is -2.46. The van der Waals surface area contributed by atoms with Crippen molar-refractivity contribution in [1.82, 2.24) is 15.3 Å². The second kappa shape index (κ2) is 9.21. The average Bonchev–Trinajstić information content (AvgIpc) is 3.21. The van der Waals surface area contributed by atoms with Crippen LogP contribution in [0.15, 0.2) is 36.7 Å². The summed E-state index contributed by atoms with van der Waals surface area (Å²) >= 11 is 0. The van der Waals surface area contributed by atoms with Crippen LogP contribution in [0.1, 0.15) is 60.8 Å². The first-order valence-electron chi connectivity index (χ1n) is 11.2. The number of rotatable bonds is 4. The van der Waals surface area contributed by atoms with Crippen molar-refractivity contribution < 1.29 is 19.1 Å². The summed E-state index contributed by atoms with van der Waals surface area (Å²) in [4.78, 5) is 35.5. The number of amides is 1. The van der Waals surface area contributed by atoms with Gasteiger partial charge in [0.2, 0.25) is 0 Å². The van der Waals surface area contributed by atoms with Gasteiger partial charge in [-0.15, -0.1) is 0 Å². The minimum absolute atomic E-state index is 0.0772. The molecule has 8 nitrogen and oxygen atoms in total. The molecule has 2 heterocycles. The van der Waals surface area contributed by atoms with Crippen LogP contribution in [0.2, 0.25) is 0 Å². The zero-order valence-electron chi connectivity index (χ0n) is 19.6. The molecule has 0 atom stereocenters. The molecule has 2 aromatic rings. The molecule has 1 amide bonds. The highest BCUT2D eigenvalue weighted by Crippen LogP contribution is 2.33. The topological polar surface area (TPSA) is 93.7 Å². The lowest BCUT2D eigenvalue weighted by Gasteiger charge is -2.33. The molecule has 1 fully saturated rings. The van der Waals surface area contributed by atoms with Crippen LogP contribution in [0.3, 0.4) is 0 Å². The zero-order valence-corrected chi connectivity index (χ0v) is 19.6. The minimum Gasteiger partial charge on any atom is -0.465 e. The van der Waals surface area contributed by atoms with E-state index in [2.05, 4.69) is 21.3 Å². The van der Waals surface area contributed by atoms with E-state index in [-0.39, 0.29) is 18.1 Å². The molecule has 33 heavy (non-hydrogen) atoms. The maximum Gasteiger partial charge on any atom is 0.407 e. The van der Waals surface area contributed by atoms with E-state index < -0.39 is 5.60 Å². The van der Waals surface area contributed by atoms with Crippen LogP contribution in [0.25, 0.3) is 5.57 Å². The van der Waals surface area contributed by atoms with Crippen molar-refractivity contribution >= 4 is 23.5 Å². The fourth-order valence-electron chi connectivity index (χ4n) is 4.18. The van der Waals surface area contributed by atoms with Crippen molar-refractivity contribution in [2.75, 3.05) is 25.1 Å². The van der Waals surface area contributed by atoms with E-state index in [0.29, 0.717) is 5.56 Å². The van der Waals surface area contributed by atoms with Gasteiger partial charge in [0.05, 0.1) is 30.8 Å². The first-order chi connectivity index (χ1) is 15.7. The number of alkyl carbamates (subject to hydrolysis) is 1. The standard InChI is InChI=1S/C25H30N4O4/c1-25(2,3)33-24(31)27-18-9-11-29(12-10-18)22-15-26-14-21(28-22)19-8-7-16-5-6-17(13-20(16)19)23(30)32-4/h5-6,8,13-15,18H,7,9-12H2,1-4H3,(H,27,31). The molecule has 2 aliphatic rings. The van der Waals surface area contributed by atoms with Crippen molar-refractivity contribution in [2.24, 2.45) is 0 Å². The Morgan fingerprint density at radius 2 is 1.91 bits per heavy atom. The molecule has 0 bridgehead atoms. The second-order valence-electron chi connectivity index (χ2n) is 9.36. The number of piperidine rings is 1. The summed E-state index contributed by atoms with van der Waals surface area (Å²) in [6, 6.07) is 5.69. The van der Waals surface area contributed by atoms with Crippen LogP contribution in [0.4, 0.5) is 10.6 Å². The Hall–Kier alpha value is -3.42. The Morgan fingerprint density at radius 3 is 2.61 bits per heavy atom. The van der Waals surface area contributed by atoms with Crippen LogP contribution in [-0.2, 0) is 15.9 Å². The summed E-state index contributed by atoms with van der Waals surface area (Å²) < 4.78 is 10.2. The molecule has 8 heteroatoms.